The summed E-state index contributed by atoms with van der Waals surface area (Å²) in [7, 11) is 0. The van der Waals surface area contributed by atoms with Gasteiger partial charge in [-0.25, -0.2) is 9.59 Å². The number of hydrogen-bond acceptors (Lipinski definition) is 2. The van der Waals surface area contributed by atoms with Crippen molar-refractivity contribution in [2.75, 3.05) is 0 Å². The predicted octanol–water partition coefficient (Wildman–Crippen LogP) is -5.32. The van der Waals surface area contributed by atoms with Gasteiger partial charge in [0.05, 0.1) is 0 Å². The molecule has 0 unspecified atom stereocenters. The molecule has 0 spiro atoms. The molecule has 0 radical (unpaired) electrons. The quantitative estimate of drug-likeness (QED) is 0.271. The van der Waals surface area contributed by atoms with E-state index in [2.05, 4.69) is 0 Å². The van der Waals surface area contributed by atoms with Crippen LogP contribution in [0, 0.1) is 0 Å². The minimum Gasteiger partial charge on any atom is -1.00 e. The minimum absolute atomic E-state index is 0. The SMILES string of the molecule is O=C(O)O.O=C(O)O.[H-].[H-].[Na+].[Na+]. The van der Waals surface area contributed by atoms with E-state index in [9.17, 15) is 0 Å². The van der Waals surface area contributed by atoms with E-state index < -0.39 is 12.3 Å². The second-order valence-electron chi connectivity index (χ2n) is 0.565. The smallest absolute Gasteiger partial charge is 1.00 e. The number of hydrogen-bond donors (Lipinski definition) is 4. The van der Waals surface area contributed by atoms with Gasteiger partial charge in [0.25, 0.3) is 0 Å². The first-order valence-corrected chi connectivity index (χ1v) is 1.30. The fourth-order valence-electron chi connectivity index (χ4n) is 0. The summed E-state index contributed by atoms with van der Waals surface area (Å²) in [4.78, 5) is 17.1. The molecule has 0 aliphatic carbocycles. The third kappa shape index (κ3) is 1660. The average Bonchev–Trinajstić information content (AvgIpc) is 1.25. The minimum atomic E-state index is -1.83. The van der Waals surface area contributed by atoms with Crippen LogP contribution in [0.2, 0.25) is 0 Å². The van der Waals surface area contributed by atoms with Crippen molar-refractivity contribution in [2.45, 2.75) is 0 Å². The van der Waals surface area contributed by atoms with Crippen LogP contribution < -0.4 is 59.1 Å². The van der Waals surface area contributed by atoms with Gasteiger partial charge in [-0.3, -0.25) is 0 Å². The Bertz CT molecular complexity index is 79.5. The zero-order chi connectivity index (χ0) is 7.15. The molecule has 0 aromatic carbocycles. The summed E-state index contributed by atoms with van der Waals surface area (Å²) in [6, 6.07) is 0. The number of carboxylic acid groups (broad SMARTS) is 4. The van der Waals surface area contributed by atoms with Gasteiger partial charge in [0.15, 0.2) is 0 Å². The maximum absolute atomic E-state index is 8.56. The van der Waals surface area contributed by atoms with Gasteiger partial charge in [-0.2, -0.15) is 0 Å². The van der Waals surface area contributed by atoms with Crippen molar-refractivity contribution in [3.63, 3.8) is 0 Å². The van der Waals surface area contributed by atoms with E-state index in [1.807, 2.05) is 0 Å². The third-order valence-corrected chi connectivity index (χ3v) is 0. The van der Waals surface area contributed by atoms with Crippen LogP contribution in [0.1, 0.15) is 2.85 Å². The Morgan fingerprint density at radius 1 is 0.800 bits per heavy atom. The first-order chi connectivity index (χ1) is 3.46. The second-order valence-corrected chi connectivity index (χ2v) is 0.565. The molecule has 52 valence electrons. The Labute approximate surface area is 103 Å². The first kappa shape index (κ1) is 22.4. The Morgan fingerprint density at radius 3 is 0.800 bits per heavy atom. The number of carbonyl (C=O) groups is 2. The average molecular weight is 172 g/mol. The first-order valence-electron chi connectivity index (χ1n) is 1.30. The molecule has 0 amide bonds. The van der Waals surface area contributed by atoms with Gasteiger partial charge in [0, 0.05) is 0 Å². The van der Waals surface area contributed by atoms with Crippen molar-refractivity contribution < 1.29 is 92.0 Å². The van der Waals surface area contributed by atoms with Crippen LogP contribution in [0.3, 0.4) is 0 Å². The molecule has 0 fully saturated rings. The molecule has 0 saturated heterocycles. The fourth-order valence-corrected chi connectivity index (χ4v) is 0. The van der Waals surface area contributed by atoms with Crippen LogP contribution in [-0.4, -0.2) is 32.7 Å². The van der Waals surface area contributed by atoms with Crippen molar-refractivity contribution in [3.05, 3.63) is 0 Å². The van der Waals surface area contributed by atoms with Crippen LogP contribution in [0.15, 0.2) is 0 Å². The molecule has 4 N–H and O–H groups in total. The molecule has 10 heavy (non-hydrogen) atoms. The molecule has 0 heterocycles. The molecular formula is C2H6Na2O6. The summed E-state index contributed by atoms with van der Waals surface area (Å²) in [5.74, 6) is 0. The van der Waals surface area contributed by atoms with Gasteiger partial charge in [0.1, 0.15) is 0 Å². The molecule has 6 nitrogen and oxygen atoms in total. The molecule has 0 bridgehead atoms. The summed E-state index contributed by atoms with van der Waals surface area (Å²) in [5.41, 5.74) is 0. The molecule has 0 saturated carbocycles. The van der Waals surface area contributed by atoms with E-state index in [-0.39, 0.29) is 62.0 Å². The standard InChI is InChI=1S/2CH2O3.2Na.2H/c2*2-1(3)4;;;;/h2*(H2,2,3,4);;;;/q;;2*+1;2*-1. The van der Waals surface area contributed by atoms with Crippen LogP contribution in [-0.2, 0) is 0 Å². The molecule has 0 rings (SSSR count). The number of rotatable bonds is 0. The van der Waals surface area contributed by atoms with Crippen LogP contribution in [0.25, 0.3) is 0 Å². The van der Waals surface area contributed by atoms with Gasteiger partial charge >= 0.3 is 71.4 Å². The summed E-state index contributed by atoms with van der Waals surface area (Å²) >= 11 is 0. The van der Waals surface area contributed by atoms with Gasteiger partial charge in [-0.15, -0.1) is 0 Å². The molecule has 8 heteroatoms. The zero-order valence-electron chi connectivity index (χ0n) is 7.61. The zero-order valence-corrected chi connectivity index (χ0v) is 9.61. The van der Waals surface area contributed by atoms with Crippen molar-refractivity contribution in [2.24, 2.45) is 0 Å². The van der Waals surface area contributed by atoms with Gasteiger partial charge in [-0.05, 0) is 0 Å². The fraction of sp³-hybridized carbons (Fsp3) is 0. The second kappa shape index (κ2) is 16.3. The van der Waals surface area contributed by atoms with Crippen molar-refractivity contribution >= 4 is 12.3 Å². The Morgan fingerprint density at radius 2 is 0.800 bits per heavy atom. The monoisotopic (exact) mass is 172 g/mol. The molecule has 0 aliphatic rings. The predicted molar refractivity (Wildman–Crippen MR) is 23.5 cm³/mol. The van der Waals surface area contributed by atoms with Gasteiger partial charge in [-0.1, -0.05) is 0 Å². The van der Waals surface area contributed by atoms with E-state index in [1.165, 1.54) is 0 Å². The van der Waals surface area contributed by atoms with E-state index >= 15 is 0 Å². The van der Waals surface area contributed by atoms with E-state index in [0.29, 0.717) is 0 Å². The van der Waals surface area contributed by atoms with Crippen LogP contribution >= 0.6 is 0 Å². The molecule has 0 aromatic heterocycles. The van der Waals surface area contributed by atoms with E-state index in [4.69, 9.17) is 30.0 Å². The summed E-state index contributed by atoms with van der Waals surface area (Å²) in [5, 5.41) is 27.9. The maximum Gasteiger partial charge on any atom is 1.00 e. The summed E-state index contributed by atoms with van der Waals surface area (Å²) < 4.78 is 0. The van der Waals surface area contributed by atoms with Crippen molar-refractivity contribution in [1.29, 1.82) is 0 Å². The van der Waals surface area contributed by atoms with E-state index in [1.54, 1.807) is 0 Å². The molecule has 0 aliphatic heterocycles. The molecule has 0 aromatic rings. The largest absolute Gasteiger partial charge is 1.00 e. The van der Waals surface area contributed by atoms with Gasteiger partial charge in [0.2, 0.25) is 0 Å². The topological polar surface area (TPSA) is 115 Å². The molecule has 0 atom stereocenters. The van der Waals surface area contributed by atoms with Crippen LogP contribution in [0.5, 0.6) is 0 Å². The third-order valence-electron chi connectivity index (χ3n) is 0. The summed E-state index contributed by atoms with van der Waals surface area (Å²) in [6.45, 7) is 0. The maximum atomic E-state index is 8.56. The van der Waals surface area contributed by atoms with Crippen molar-refractivity contribution in [1.82, 2.24) is 0 Å². The summed E-state index contributed by atoms with van der Waals surface area (Å²) in [6.07, 6.45) is -3.67. The Kier molecular flexibility index (Phi) is 36.5. The Hall–Kier alpha value is 0.540. The van der Waals surface area contributed by atoms with Gasteiger partial charge < -0.3 is 23.3 Å². The Balaban J connectivity index is -0.0000000112. The van der Waals surface area contributed by atoms with Crippen molar-refractivity contribution in [3.8, 4) is 0 Å². The van der Waals surface area contributed by atoms with Crippen LogP contribution in [0.4, 0.5) is 9.59 Å². The van der Waals surface area contributed by atoms with E-state index in [0.717, 1.165) is 0 Å². The normalized spacial score (nSPS) is 4.80. The molecular weight excluding hydrogens is 166 g/mol.